The predicted octanol–water partition coefficient (Wildman–Crippen LogP) is 3.39. The average Bonchev–Trinajstić information content (AvgIpc) is 2.33. The molecule has 0 bridgehead atoms. The molecule has 18 heavy (non-hydrogen) atoms. The average molecular weight is 313 g/mol. The Balaban J connectivity index is 2.56. The van der Waals surface area contributed by atoms with Crippen molar-refractivity contribution in [1.29, 1.82) is 0 Å². The van der Waals surface area contributed by atoms with E-state index in [0.717, 1.165) is 16.6 Å². The Kier molecular flexibility index (Phi) is 5.66. The van der Waals surface area contributed by atoms with Crippen LogP contribution in [0.3, 0.4) is 0 Å². The highest BCUT2D eigenvalue weighted by molar-refractivity contribution is 9.10. The van der Waals surface area contributed by atoms with Gasteiger partial charge in [-0.3, -0.25) is 4.79 Å². The Morgan fingerprint density at radius 1 is 1.33 bits per heavy atom. The lowest BCUT2D eigenvalue weighted by Crippen LogP contribution is -2.36. The smallest absolute Gasteiger partial charge is 0.239 e. The van der Waals surface area contributed by atoms with Gasteiger partial charge in [0.25, 0.3) is 0 Å². The minimum Gasteiger partial charge on any atom is -0.376 e. The Hall–Kier alpha value is -1.03. The number of aryl methyl sites for hydroxylation is 2. The van der Waals surface area contributed by atoms with Gasteiger partial charge in [-0.1, -0.05) is 22.9 Å². The number of benzene rings is 1. The van der Waals surface area contributed by atoms with Crippen molar-refractivity contribution in [3.8, 4) is 0 Å². The monoisotopic (exact) mass is 312 g/mol. The third-order valence-electron chi connectivity index (χ3n) is 2.91. The lowest BCUT2D eigenvalue weighted by atomic mass is 10.1. The molecule has 0 spiro atoms. The number of amides is 1. The van der Waals surface area contributed by atoms with E-state index >= 15 is 0 Å². The zero-order chi connectivity index (χ0) is 13.7. The lowest BCUT2D eigenvalue weighted by Gasteiger charge is -2.13. The summed E-state index contributed by atoms with van der Waals surface area (Å²) in [6.07, 6.45) is 0.947. The fraction of sp³-hybridized carbons (Fsp3) is 0.500. The summed E-state index contributed by atoms with van der Waals surface area (Å²) in [5.41, 5.74) is 3.31. The maximum atomic E-state index is 11.6. The minimum absolute atomic E-state index is 0.0302. The highest BCUT2D eigenvalue weighted by atomic mass is 79.9. The second kappa shape index (κ2) is 6.78. The van der Waals surface area contributed by atoms with Crippen LogP contribution >= 0.6 is 15.9 Å². The van der Waals surface area contributed by atoms with Crippen LogP contribution in [0.1, 0.15) is 31.4 Å². The highest BCUT2D eigenvalue weighted by Gasteiger charge is 2.06. The van der Waals surface area contributed by atoms with E-state index in [2.05, 4.69) is 33.5 Å². The van der Waals surface area contributed by atoms with Crippen molar-refractivity contribution in [3.05, 3.63) is 27.7 Å². The molecule has 0 saturated carbocycles. The van der Waals surface area contributed by atoms with Crippen LogP contribution in [0.15, 0.2) is 16.6 Å². The molecule has 100 valence electrons. The summed E-state index contributed by atoms with van der Waals surface area (Å²) in [7, 11) is 0. The molecular formula is C14H21BrN2O. The summed E-state index contributed by atoms with van der Waals surface area (Å²) in [6, 6.07) is 4.30. The van der Waals surface area contributed by atoms with Crippen molar-refractivity contribution >= 4 is 27.5 Å². The predicted molar refractivity (Wildman–Crippen MR) is 80.0 cm³/mol. The molecule has 1 aromatic rings. The number of hydrogen-bond acceptors (Lipinski definition) is 2. The molecule has 0 aliphatic carbocycles. The maximum absolute atomic E-state index is 11.6. The van der Waals surface area contributed by atoms with E-state index in [-0.39, 0.29) is 11.9 Å². The SMILES string of the molecule is CCC(C)NC(=O)CNc1cc(C)c(Br)c(C)c1. The van der Waals surface area contributed by atoms with Crippen LogP contribution < -0.4 is 10.6 Å². The normalized spacial score (nSPS) is 12.1. The third kappa shape index (κ3) is 4.33. The molecular weight excluding hydrogens is 292 g/mol. The Morgan fingerprint density at radius 2 is 1.89 bits per heavy atom. The van der Waals surface area contributed by atoms with Crippen molar-refractivity contribution in [1.82, 2.24) is 5.32 Å². The topological polar surface area (TPSA) is 41.1 Å². The van der Waals surface area contributed by atoms with Crippen LogP contribution in [0.25, 0.3) is 0 Å². The number of anilines is 1. The summed E-state index contributed by atoms with van der Waals surface area (Å²) >= 11 is 3.53. The van der Waals surface area contributed by atoms with Crippen LogP contribution in [-0.2, 0) is 4.79 Å². The molecule has 1 atom stereocenters. The van der Waals surface area contributed by atoms with Crippen LogP contribution in [-0.4, -0.2) is 18.5 Å². The van der Waals surface area contributed by atoms with E-state index < -0.39 is 0 Å². The molecule has 0 fully saturated rings. The lowest BCUT2D eigenvalue weighted by molar-refractivity contribution is -0.120. The first kappa shape index (κ1) is 15.0. The van der Waals surface area contributed by atoms with Gasteiger partial charge in [-0.2, -0.15) is 0 Å². The van der Waals surface area contributed by atoms with Crippen LogP contribution in [0.2, 0.25) is 0 Å². The Bertz CT molecular complexity index is 409. The number of carbonyl (C=O) groups excluding carboxylic acids is 1. The summed E-state index contributed by atoms with van der Waals surface area (Å²) < 4.78 is 1.12. The number of hydrogen-bond donors (Lipinski definition) is 2. The molecule has 2 N–H and O–H groups in total. The quantitative estimate of drug-likeness (QED) is 0.875. The summed E-state index contributed by atoms with van der Waals surface area (Å²) in [4.78, 5) is 11.6. The molecule has 1 unspecified atom stereocenters. The van der Waals surface area contributed by atoms with E-state index in [0.29, 0.717) is 6.54 Å². The number of nitrogens with one attached hydrogen (secondary N) is 2. The molecule has 0 heterocycles. The van der Waals surface area contributed by atoms with Gasteiger partial charge in [-0.05, 0) is 50.5 Å². The molecule has 0 saturated heterocycles. The van der Waals surface area contributed by atoms with E-state index in [9.17, 15) is 4.79 Å². The molecule has 3 nitrogen and oxygen atoms in total. The van der Waals surface area contributed by atoms with Gasteiger partial charge in [0.15, 0.2) is 0 Å². The van der Waals surface area contributed by atoms with Gasteiger partial charge >= 0.3 is 0 Å². The number of halogens is 1. The van der Waals surface area contributed by atoms with Gasteiger partial charge in [-0.15, -0.1) is 0 Å². The molecule has 0 aliphatic heterocycles. The first-order chi connectivity index (χ1) is 8.43. The second-order valence-corrected chi connectivity index (χ2v) is 5.45. The van der Waals surface area contributed by atoms with Crippen molar-refractivity contribution < 1.29 is 4.79 Å². The summed E-state index contributed by atoms with van der Waals surface area (Å²) in [5.74, 6) is 0.0302. The summed E-state index contributed by atoms with van der Waals surface area (Å²) in [6.45, 7) is 8.46. The first-order valence-corrected chi connectivity index (χ1v) is 7.03. The largest absolute Gasteiger partial charge is 0.376 e. The van der Waals surface area contributed by atoms with Crippen LogP contribution in [0.4, 0.5) is 5.69 Å². The second-order valence-electron chi connectivity index (χ2n) is 4.65. The van der Waals surface area contributed by atoms with E-state index in [1.165, 1.54) is 11.1 Å². The Morgan fingerprint density at radius 3 is 2.39 bits per heavy atom. The Labute approximate surface area is 117 Å². The van der Waals surface area contributed by atoms with Crippen molar-refractivity contribution in [2.75, 3.05) is 11.9 Å². The molecule has 1 rings (SSSR count). The first-order valence-electron chi connectivity index (χ1n) is 6.24. The van der Waals surface area contributed by atoms with E-state index in [4.69, 9.17) is 0 Å². The van der Waals surface area contributed by atoms with Gasteiger partial charge in [0.2, 0.25) is 5.91 Å². The maximum Gasteiger partial charge on any atom is 0.239 e. The fourth-order valence-corrected chi connectivity index (χ4v) is 1.89. The van der Waals surface area contributed by atoms with Gasteiger partial charge in [0.1, 0.15) is 0 Å². The fourth-order valence-electron chi connectivity index (χ4n) is 1.66. The molecule has 0 aromatic heterocycles. The van der Waals surface area contributed by atoms with Gasteiger partial charge in [-0.25, -0.2) is 0 Å². The molecule has 1 aromatic carbocycles. The molecule has 0 radical (unpaired) electrons. The van der Waals surface area contributed by atoms with Crippen molar-refractivity contribution in [3.63, 3.8) is 0 Å². The van der Waals surface area contributed by atoms with E-state index in [1.807, 2.05) is 32.9 Å². The zero-order valence-corrected chi connectivity index (χ0v) is 13.0. The molecule has 4 heteroatoms. The van der Waals surface area contributed by atoms with Crippen LogP contribution in [0, 0.1) is 13.8 Å². The highest BCUT2D eigenvalue weighted by Crippen LogP contribution is 2.24. The standard InChI is InChI=1S/C14H21BrN2O/c1-5-11(4)17-13(18)8-16-12-6-9(2)14(15)10(3)7-12/h6-7,11,16H,5,8H2,1-4H3,(H,17,18). The third-order valence-corrected chi connectivity index (χ3v) is 4.16. The number of rotatable bonds is 5. The van der Waals surface area contributed by atoms with E-state index in [1.54, 1.807) is 0 Å². The minimum atomic E-state index is 0.0302. The summed E-state index contributed by atoms with van der Waals surface area (Å²) in [5, 5.41) is 6.08. The molecule has 1 amide bonds. The van der Waals surface area contributed by atoms with Crippen LogP contribution in [0.5, 0.6) is 0 Å². The zero-order valence-electron chi connectivity index (χ0n) is 11.4. The number of carbonyl (C=O) groups is 1. The van der Waals surface area contributed by atoms with Crippen molar-refractivity contribution in [2.24, 2.45) is 0 Å². The van der Waals surface area contributed by atoms with Gasteiger partial charge < -0.3 is 10.6 Å². The molecule has 0 aliphatic rings. The van der Waals surface area contributed by atoms with Crippen molar-refractivity contribution in [2.45, 2.75) is 40.2 Å². The van der Waals surface area contributed by atoms with Gasteiger partial charge in [0, 0.05) is 16.2 Å². The van der Waals surface area contributed by atoms with Gasteiger partial charge in [0.05, 0.1) is 6.54 Å².